The number of rotatable bonds is 1. The fraction of sp³-hybridized carbons (Fsp3) is 0.222. The Labute approximate surface area is 84.6 Å². The molecule has 5 heteroatoms. The lowest BCUT2D eigenvalue weighted by Gasteiger charge is -1.96. The molecule has 72 valence electrons. The fourth-order valence-electron chi connectivity index (χ4n) is 1.14. The molecule has 0 radical (unpaired) electrons. The van der Waals surface area contributed by atoms with Crippen molar-refractivity contribution >= 4 is 27.7 Å². The Morgan fingerprint density at radius 2 is 2.21 bits per heavy atom. The molecular formula is C9H8N2O2S. The van der Waals surface area contributed by atoms with E-state index in [9.17, 15) is 4.79 Å². The van der Waals surface area contributed by atoms with Gasteiger partial charge >= 0.3 is 5.97 Å². The summed E-state index contributed by atoms with van der Waals surface area (Å²) in [7, 11) is 1.33. The van der Waals surface area contributed by atoms with Crippen LogP contribution in [0, 0.1) is 6.92 Å². The average Bonchev–Trinajstić information content (AvgIpc) is 2.55. The van der Waals surface area contributed by atoms with Crippen molar-refractivity contribution < 1.29 is 9.53 Å². The highest BCUT2D eigenvalue weighted by Gasteiger charge is 2.09. The molecule has 2 rings (SSSR count). The number of hydrogen-bond donors (Lipinski definition) is 0. The van der Waals surface area contributed by atoms with Crippen molar-refractivity contribution in [2.24, 2.45) is 0 Å². The SMILES string of the molecule is COC(=O)c1ccc2sc(C)nc2n1. The number of carbonyl (C=O) groups is 1. The Bertz CT molecular complexity index is 493. The molecule has 0 amide bonds. The van der Waals surface area contributed by atoms with Crippen LogP contribution < -0.4 is 0 Å². The molecule has 4 nitrogen and oxygen atoms in total. The zero-order valence-electron chi connectivity index (χ0n) is 7.77. The zero-order valence-corrected chi connectivity index (χ0v) is 8.59. The van der Waals surface area contributed by atoms with Gasteiger partial charge in [0, 0.05) is 0 Å². The Hall–Kier alpha value is -1.49. The smallest absolute Gasteiger partial charge is 0.356 e. The molecule has 0 aliphatic heterocycles. The lowest BCUT2D eigenvalue weighted by atomic mass is 10.3. The molecule has 0 aliphatic carbocycles. The number of nitrogens with zero attached hydrogens (tertiary/aromatic N) is 2. The van der Waals surface area contributed by atoms with Gasteiger partial charge in [0.15, 0.2) is 11.3 Å². The number of pyridine rings is 1. The van der Waals surface area contributed by atoms with Gasteiger partial charge in [0.1, 0.15) is 0 Å². The van der Waals surface area contributed by atoms with Crippen LogP contribution >= 0.6 is 11.3 Å². The van der Waals surface area contributed by atoms with Gasteiger partial charge in [0.2, 0.25) is 0 Å². The second kappa shape index (κ2) is 3.34. The van der Waals surface area contributed by atoms with Gasteiger partial charge in [-0.25, -0.2) is 14.8 Å². The van der Waals surface area contributed by atoms with Crippen LogP contribution in [-0.4, -0.2) is 23.0 Å². The molecule has 0 saturated carbocycles. The number of fused-ring (bicyclic) bond motifs is 1. The van der Waals surface area contributed by atoms with Gasteiger partial charge in [-0.2, -0.15) is 0 Å². The quantitative estimate of drug-likeness (QED) is 0.670. The van der Waals surface area contributed by atoms with Gasteiger partial charge in [-0.05, 0) is 19.1 Å². The minimum Gasteiger partial charge on any atom is -0.464 e. The Kier molecular flexibility index (Phi) is 2.17. The van der Waals surface area contributed by atoms with E-state index in [1.165, 1.54) is 7.11 Å². The van der Waals surface area contributed by atoms with E-state index in [0.717, 1.165) is 9.71 Å². The second-order valence-electron chi connectivity index (χ2n) is 2.74. The molecule has 0 aromatic carbocycles. The summed E-state index contributed by atoms with van der Waals surface area (Å²) < 4.78 is 5.55. The number of thiazole rings is 1. The lowest BCUT2D eigenvalue weighted by Crippen LogP contribution is -2.03. The van der Waals surface area contributed by atoms with Crippen molar-refractivity contribution in [2.45, 2.75) is 6.92 Å². The number of aromatic nitrogens is 2. The van der Waals surface area contributed by atoms with Crippen molar-refractivity contribution in [1.82, 2.24) is 9.97 Å². The molecule has 0 atom stereocenters. The number of esters is 1. The van der Waals surface area contributed by atoms with Gasteiger partial charge in [-0.1, -0.05) is 0 Å². The molecule has 0 aliphatic rings. The van der Waals surface area contributed by atoms with Crippen LogP contribution in [0.3, 0.4) is 0 Å². The Balaban J connectivity index is 2.55. The van der Waals surface area contributed by atoms with Crippen LogP contribution in [0.1, 0.15) is 15.5 Å². The maximum atomic E-state index is 11.2. The van der Waals surface area contributed by atoms with Crippen molar-refractivity contribution in [3.63, 3.8) is 0 Å². The fourth-order valence-corrected chi connectivity index (χ4v) is 1.91. The molecule has 0 saturated heterocycles. The summed E-state index contributed by atoms with van der Waals surface area (Å²) in [5.74, 6) is -0.433. The number of hydrogen-bond acceptors (Lipinski definition) is 5. The first-order valence-corrected chi connectivity index (χ1v) is 4.85. The van der Waals surface area contributed by atoms with E-state index in [4.69, 9.17) is 0 Å². The Morgan fingerprint density at radius 1 is 1.43 bits per heavy atom. The predicted molar refractivity (Wildman–Crippen MR) is 53.5 cm³/mol. The molecule has 0 spiro atoms. The number of carbonyl (C=O) groups excluding carboxylic acids is 1. The highest BCUT2D eigenvalue weighted by Crippen LogP contribution is 2.19. The summed E-state index contributed by atoms with van der Waals surface area (Å²) in [4.78, 5) is 19.4. The summed E-state index contributed by atoms with van der Waals surface area (Å²) in [6.45, 7) is 1.91. The van der Waals surface area contributed by atoms with Crippen molar-refractivity contribution in [1.29, 1.82) is 0 Å². The first kappa shape index (κ1) is 9.08. The number of aryl methyl sites for hydroxylation is 1. The molecule has 0 bridgehead atoms. The van der Waals surface area contributed by atoms with Gasteiger partial charge < -0.3 is 4.74 Å². The van der Waals surface area contributed by atoms with Crippen LogP contribution in [0.15, 0.2) is 12.1 Å². The molecule has 14 heavy (non-hydrogen) atoms. The number of ether oxygens (including phenoxy) is 1. The van der Waals surface area contributed by atoms with Crippen LogP contribution in [0.2, 0.25) is 0 Å². The van der Waals surface area contributed by atoms with E-state index in [1.807, 2.05) is 13.0 Å². The van der Waals surface area contributed by atoms with E-state index >= 15 is 0 Å². The number of methoxy groups -OCH3 is 1. The van der Waals surface area contributed by atoms with E-state index in [0.29, 0.717) is 11.3 Å². The molecule has 0 N–H and O–H groups in total. The van der Waals surface area contributed by atoms with Crippen LogP contribution in [0.4, 0.5) is 0 Å². The van der Waals surface area contributed by atoms with Crippen molar-refractivity contribution in [3.05, 3.63) is 22.8 Å². The van der Waals surface area contributed by atoms with Crippen LogP contribution in [0.5, 0.6) is 0 Å². The first-order chi connectivity index (χ1) is 6.70. The third-order valence-corrected chi connectivity index (χ3v) is 2.68. The van der Waals surface area contributed by atoms with E-state index in [2.05, 4.69) is 14.7 Å². The van der Waals surface area contributed by atoms with Gasteiger partial charge in [-0.15, -0.1) is 11.3 Å². The molecule has 0 fully saturated rings. The third-order valence-electron chi connectivity index (χ3n) is 1.75. The van der Waals surface area contributed by atoms with Gasteiger partial charge in [-0.3, -0.25) is 0 Å². The predicted octanol–water partition coefficient (Wildman–Crippen LogP) is 1.79. The normalized spacial score (nSPS) is 10.4. The van der Waals surface area contributed by atoms with Crippen LogP contribution in [0.25, 0.3) is 10.3 Å². The molecule has 0 unspecified atom stereocenters. The molecular weight excluding hydrogens is 200 g/mol. The van der Waals surface area contributed by atoms with Crippen LogP contribution in [-0.2, 0) is 4.74 Å². The monoisotopic (exact) mass is 208 g/mol. The van der Waals surface area contributed by atoms with E-state index in [-0.39, 0.29) is 0 Å². The highest BCUT2D eigenvalue weighted by molar-refractivity contribution is 7.18. The summed E-state index contributed by atoms with van der Waals surface area (Å²) >= 11 is 1.55. The summed E-state index contributed by atoms with van der Waals surface area (Å²) in [5.41, 5.74) is 0.903. The zero-order chi connectivity index (χ0) is 10.1. The highest BCUT2D eigenvalue weighted by atomic mass is 32.1. The summed E-state index contributed by atoms with van der Waals surface area (Å²) in [6, 6.07) is 3.48. The average molecular weight is 208 g/mol. The van der Waals surface area contributed by atoms with Gasteiger partial charge in [0.05, 0.1) is 16.8 Å². The molecule has 2 aromatic heterocycles. The topological polar surface area (TPSA) is 52.1 Å². The second-order valence-corrected chi connectivity index (χ2v) is 3.98. The van der Waals surface area contributed by atoms with Crippen molar-refractivity contribution in [2.75, 3.05) is 7.11 Å². The minimum absolute atomic E-state index is 0.297. The van der Waals surface area contributed by atoms with Gasteiger partial charge in [0.25, 0.3) is 0 Å². The minimum atomic E-state index is -0.433. The van der Waals surface area contributed by atoms with Crippen molar-refractivity contribution in [3.8, 4) is 0 Å². The maximum absolute atomic E-state index is 11.2. The van der Waals surface area contributed by atoms with E-state index in [1.54, 1.807) is 17.4 Å². The summed E-state index contributed by atoms with van der Waals surface area (Å²) in [5, 5.41) is 0.939. The van der Waals surface area contributed by atoms with E-state index < -0.39 is 5.97 Å². The standard InChI is InChI=1S/C9H8N2O2S/c1-5-10-8-7(14-5)4-3-6(11-8)9(12)13-2/h3-4H,1-2H3. The largest absolute Gasteiger partial charge is 0.464 e. The summed E-state index contributed by atoms with van der Waals surface area (Å²) in [6.07, 6.45) is 0. The maximum Gasteiger partial charge on any atom is 0.356 e. The first-order valence-electron chi connectivity index (χ1n) is 4.03. The third kappa shape index (κ3) is 1.46. The molecule has 2 aromatic rings. The lowest BCUT2D eigenvalue weighted by molar-refractivity contribution is 0.0594. The Morgan fingerprint density at radius 3 is 2.93 bits per heavy atom. The molecule has 2 heterocycles.